The fraction of sp³-hybridized carbons (Fsp3) is 0. The SMILES string of the molecule is Clc1nc(Sc2cccc(Br)c2)nc(-n2cccn2)n1. The molecule has 2 aromatic heterocycles. The van der Waals surface area contributed by atoms with Gasteiger partial charge in [0.05, 0.1) is 0 Å². The van der Waals surface area contributed by atoms with Crippen molar-refractivity contribution < 1.29 is 0 Å². The summed E-state index contributed by atoms with van der Waals surface area (Å²) in [7, 11) is 0. The van der Waals surface area contributed by atoms with Crippen molar-refractivity contribution in [2.24, 2.45) is 0 Å². The van der Waals surface area contributed by atoms with Gasteiger partial charge in [-0.15, -0.1) is 0 Å². The molecule has 20 heavy (non-hydrogen) atoms. The molecule has 0 atom stereocenters. The van der Waals surface area contributed by atoms with Crippen molar-refractivity contribution in [3.8, 4) is 5.95 Å². The van der Waals surface area contributed by atoms with E-state index < -0.39 is 0 Å². The first-order valence-electron chi connectivity index (χ1n) is 5.56. The van der Waals surface area contributed by atoms with Crippen LogP contribution in [0.3, 0.4) is 0 Å². The van der Waals surface area contributed by atoms with E-state index in [0.29, 0.717) is 11.1 Å². The lowest BCUT2D eigenvalue weighted by Gasteiger charge is -2.04. The third kappa shape index (κ3) is 3.17. The molecule has 0 saturated carbocycles. The van der Waals surface area contributed by atoms with Crippen molar-refractivity contribution in [2.75, 3.05) is 0 Å². The monoisotopic (exact) mass is 367 g/mol. The maximum atomic E-state index is 5.94. The van der Waals surface area contributed by atoms with Crippen LogP contribution >= 0.6 is 39.3 Å². The smallest absolute Gasteiger partial charge is 0.206 e. The van der Waals surface area contributed by atoms with Gasteiger partial charge in [-0.2, -0.15) is 20.1 Å². The Hall–Kier alpha value is -1.44. The van der Waals surface area contributed by atoms with Crippen LogP contribution < -0.4 is 0 Å². The fourth-order valence-electron chi connectivity index (χ4n) is 1.49. The van der Waals surface area contributed by atoms with Gasteiger partial charge in [-0.05, 0) is 47.6 Å². The van der Waals surface area contributed by atoms with E-state index in [0.717, 1.165) is 9.37 Å². The quantitative estimate of drug-likeness (QED) is 0.706. The van der Waals surface area contributed by atoms with E-state index in [1.54, 1.807) is 23.1 Å². The topological polar surface area (TPSA) is 56.5 Å². The highest BCUT2D eigenvalue weighted by atomic mass is 79.9. The Morgan fingerprint density at radius 1 is 1.15 bits per heavy atom. The van der Waals surface area contributed by atoms with Crippen LogP contribution in [-0.4, -0.2) is 24.7 Å². The Kier molecular flexibility index (Phi) is 4.00. The third-order valence-electron chi connectivity index (χ3n) is 2.29. The summed E-state index contributed by atoms with van der Waals surface area (Å²) in [6.45, 7) is 0. The zero-order valence-electron chi connectivity index (χ0n) is 9.94. The van der Waals surface area contributed by atoms with E-state index >= 15 is 0 Å². The van der Waals surface area contributed by atoms with Crippen LogP contribution in [0.15, 0.2) is 57.3 Å². The molecule has 2 heterocycles. The maximum absolute atomic E-state index is 5.94. The van der Waals surface area contributed by atoms with Gasteiger partial charge in [0.1, 0.15) is 0 Å². The number of hydrogen-bond donors (Lipinski definition) is 0. The van der Waals surface area contributed by atoms with Gasteiger partial charge >= 0.3 is 0 Å². The number of nitrogens with zero attached hydrogens (tertiary/aromatic N) is 5. The van der Waals surface area contributed by atoms with Crippen LogP contribution in [0, 0.1) is 0 Å². The van der Waals surface area contributed by atoms with Gasteiger partial charge in [0.2, 0.25) is 5.28 Å². The molecule has 0 saturated heterocycles. The zero-order valence-corrected chi connectivity index (χ0v) is 13.1. The lowest BCUT2D eigenvalue weighted by Crippen LogP contribution is -2.04. The molecule has 3 rings (SSSR count). The van der Waals surface area contributed by atoms with Crippen LogP contribution in [0.2, 0.25) is 5.28 Å². The van der Waals surface area contributed by atoms with Crippen LogP contribution in [0.25, 0.3) is 5.95 Å². The highest BCUT2D eigenvalue weighted by Gasteiger charge is 2.08. The summed E-state index contributed by atoms with van der Waals surface area (Å²) < 4.78 is 2.54. The number of halogens is 2. The van der Waals surface area contributed by atoms with Gasteiger partial charge in [-0.25, -0.2) is 4.68 Å². The number of aromatic nitrogens is 5. The molecule has 100 valence electrons. The number of benzene rings is 1. The van der Waals surface area contributed by atoms with Crippen molar-refractivity contribution >= 4 is 39.3 Å². The van der Waals surface area contributed by atoms with Gasteiger partial charge < -0.3 is 0 Å². The molecule has 0 aliphatic rings. The van der Waals surface area contributed by atoms with Crippen LogP contribution in [0.5, 0.6) is 0 Å². The Bertz CT molecular complexity index is 734. The fourth-order valence-corrected chi connectivity index (χ4v) is 3.05. The van der Waals surface area contributed by atoms with Gasteiger partial charge in [0.25, 0.3) is 5.95 Å². The van der Waals surface area contributed by atoms with E-state index in [1.165, 1.54) is 11.8 Å². The standard InChI is InChI=1S/C12H7BrClN5S/c13-8-3-1-4-9(7-8)20-12-17-10(14)16-11(18-12)19-6-2-5-15-19/h1-7H. The maximum Gasteiger partial charge on any atom is 0.255 e. The highest BCUT2D eigenvalue weighted by Crippen LogP contribution is 2.27. The summed E-state index contributed by atoms with van der Waals surface area (Å²) in [4.78, 5) is 13.5. The largest absolute Gasteiger partial charge is 0.255 e. The predicted molar refractivity (Wildman–Crippen MR) is 80.2 cm³/mol. The molecular weight excluding hydrogens is 362 g/mol. The van der Waals surface area contributed by atoms with E-state index in [9.17, 15) is 0 Å². The summed E-state index contributed by atoms with van der Waals surface area (Å²) in [5.41, 5.74) is 0. The molecule has 0 unspecified atom stereocenters. The predicted octanol–water partition coefficient (Wildman–Crippen LogP) is 3.62. The second-order valence-electron chi connectivity index (χ2n) is 3.70. The first-order chi connectivity index (χ1) is 9.70. The highest BCUT2D eigenvalue weighted by molar-refractivity contribution is 9.10. The number of rotatable bonds is 3. The van der Waals surface area contributed by atoms with Crippen molar-refractivity contribution in [1.29, 1.82) is 0 Å². The lowest BCUT2D eigenvalue weighted by molar-refractivity contribution is 0.759. The lowest BCUT2D eigenvalue weighted by atomic mass is 10.4. The minimum Gasteiger partial charge on any atom is -0.206 e. The van der Waals surface area contributed by atoms with Gasteiger partial charge in [-0.3, -0.25) is 0 Å². The third-order valence-corrected chi connectivity index (χ3v) is 3.81. The molecule has 0 spiro atoms. The molecule has 1 aromatic carbocycles. The van der Waals surface area contributed by atoms with Crippen LogP contribution in [-0.2, 0) is 0 Å². The molecule has 0 aliphatic heterocycles. The molecule has 8 heteroatoms. The van der Waals surface area contributed by atoms with Gasteiger partial charge in [-0.1, -0.05) is 22.0 Å². The number of hydrogen-bond acceptors (Lipinski definition) is 5. The summed E-state index contributed by atoms with van der Waals surface area (Å²) in [6.07, 6.45) is 3.40. The minimum absolute atomic E-state index is 0.142. The van der Waals surface area contributed by atoms with E-state index in [1.807, 2.05) is 24.3 Å². The Morgan fingerprint density at radius 3 is 2.80 bits per heavy atom. The molecule has 0 fully saturated rings. The zero-order chi connectivity index (χ0) is 13.9. The van der Waals surface area contributed by atoms with Crippen molar-refractivity contribution in [3.05, 3.63) is 52.5 Å². The second-order valence-corrected chi connectivity index (χ2v) is 5.99. The Balaban J connectivity index is 1.94. The van der Waals surface area contributed by atoms with E-state index in [4.69, 9.17) is 11.6 Å². The van der Waals surface area contributed by atoms with E-state index in [2.05, 4.69) is 36.0 Å². The summed E-state index contributed by atoms with van der Waals surface area (Å²) in [6, 6.07) is 9.65. The minimum atomic E-state index is 0.142. The molecule has 0 radical (unpaired) electrons. The molecule has 5 nitrogen and oxygen atoms in total. The van der Waals surface area contributed by atoms with Crippen molar-refractivity contribution in [2.45, 2.75) is 10.1 Å². The summed E-state index contributed by atoms with van der Waals surface area (Å²) in [5.74, 6) is 0.396. The van der Waals surface area contributed by atoms with Crippen molar-refractivity contribution in [1.82, 2.24) is 24.7 Å². The summed E-state index contributed by atoms with van der Waals surface area (Å²) in [5, 5.41) is 4.74. The van der Waals surface area contributed by atoms with Crippen molar-refractivity contribution in [3.63, 3.8) is 0 Å². The Labute approximate surface area is 132 Å². The second kappa shape index (κ2) is 5.90. The Morgan fingerprint density at radius 2 is 2.05 bits per heavy atom. The summed E-state index contributed by atoms with van der Waals surface area (Å²) >= 11 is 10.8. The van der Waals surface area contributed by atoms with Gasteiger partial charge in [0.15, 0.2) is 5.16 Å². The first kappa shape index (κ1) is 13.5. The normalized spacial score (nSPS) is 10.7. The molecule has 0 N–H and O–H groups in total. The molecule has 3 aromatic rings. The molecule has 0 amide bonds. The van der Waals surface area contributed by atoms with Crippen LogP contribution in [0.1, 0.15) is 0 Å². The van der Waals surface area contributed by atoms with E-state index in [-0.39, 0.29) is 5.28 Å². The molecular formula is C12H7BrClN5S. The van der Waals surface area contributed by atoms with Crippen LogP contribution in [0.4, 0.5) is 0 Å². The average molecular weight is 369 g/mol. The average Bonchev–Trinajstić information content (AvgIpc) is 2.91. The first-order valence-corrected chi connectivity index (χ1v) is 7.54. The molecule has 0 aliphatic carbocycles. The van der Waals surface area contributed by atoms with Gasteiger partial charge in [0, 0.05) is 21.8 Å². The molecule has 0 bridgehead atoms.